The first-order chi connectivity index (χ1) is 13.1. The van der Waals surface area contributed by atoms with Crippen molar-refractivity contribution in [3.05, 3.63) is 11.4 Å². The zero-order chi connectivity index (χ0) is 20.1. The minimum Gasteiger partial charge on any atom is -0.369 e. The number of guanidine groups is 2. The number of aliphatic imine (C=N–C) groups is 2. The Hall–Kier alpha value is -3.42. The predicted octanol–water partition coefficient (Wildman–Crippen LogP) is -2.56. The van der Waals surface area contributed by atoms with Crippen LogP contribution in [0.25, 0.3) is 0 Å². The van der Waals surface area contributed by atoms with Crippen LogP contribution in [0.15, 0.2) is 9.98 Å². The van der Waals surface area contributed by atoms with Crippen molar-refractivity contribution in [3.8, 4) is 12.4 Å². The summed E-state index contributed by atoms with van der Waals surface area (Å²) in [6.07, 6.45) is 3.93. The minimum absolute atomic E-state index is 0.172. The van der Waals surface area contributed by atoms with E-state index in [9.17, 15) is 0 Å². The third-order valence-electron chi connectivity index (χ3n) is 3.57. The fourth-order valence-corrected chi connectivity index (χ4v) is 2.03. The Bertz CT molecular complexity index is 649. The van der Waals surface area contributed by atoms with E-state index in [0.717, 1.165) is 11.4 Å². The van der Waals surface area contributed by atoms with Crippen molar-refractivity contribution in [2.24, 2.45) is 21.5 Å². The van der Waals surface area contributed by atoms with Crippen LogP contribution in [-0.4, -0.2) is 77.4 Å². The van der Waals surface area contributed by atoms with E-state index in [1.165, 1.54) is 23.9 Å². The summed E-state index contributed by atoms with van der Waals surface area (Å²) in [5.41, 5.74) is 12.7. The smallest absolute Gasteiger partial charge is 0.204 e. The molecule has 0 unspecified atom stereocenters. The molecule has 0 aliphatic rings. The van der Waals surface area contributed by atoms with Gasteiger partial charge in [-0.05, 0) is 0 Å². The molecule has 0 aliphatic heterocycles. The maximum Gasteiger partial charge on any atom is 0.204 e. The van der Waals surface area contributed by atoms with Crippen LogP contribution >= 0.6 is 0 Å². The largest absolute Gasteiger partial charge is 0.369 e. The molecule has 0 saturated carbocycles. The lowest BCUT2D eigenvalue weighted by Gasteiger charge is -2.14. The number of rotatable bonds is 10. The van der Waals surface area contributed by atoms with Gasteiger partial charge in [0.15, 0.2) is 12.4 Å². The van der Waals surface area contributed by atoms with Gasteiger partial charge in [0.05, 0.1) is 0 Å². The van der Waals surface area contributed by atoms with E-state index in [-0.39, 0.29) is 11.9 Å². The minimum atomic E-state index is 0.172. The van der Waals surface area contributed by atoms with Crippen LogP contribution in [0, 0.1) is 22.9 Å². The Kier molecular flexibility index (Phi) is 9.62. The molecule has 27 heavy (non-hydrogen) atoms. The first kappa shape index (κ1) is 21.6. The fraction of sp³-hybridized carbons (Fsp3) is 0.571. The molecule has 1 heterocycles. The van der Waals surface area contributed by atoms with Gasteiger partial charge in [0.25, 0.3) is 0 Å². The number of aromatic amines is 1. The number of H-pyrrole nitrogens is 1. The van der Waals surface area contributed by atoms with Crippen LogP contribution in [0.1, 0.15) is 11.4 Å². The maximum atomic E-state index is 9.00. The van der Waals surface area contributed by atoms with Gasteiger partial charge in [-0.15, -0.1) is 0 Å². The van der Waals surface area contributed by atoms with E-state index in [1.54, 1.807) is 0 Å². The average Bonchev–Trinajstić information content (AvgIpc) is 3.14. The summed E-state index contributed by atoms with van der Waals surface area (Å²) < 4.78 is 0. The SMILES string of the molecule is CN=C(N)N(C#N)CCNCc1n[nH]nc1CNCCN(C#N)C(N)=NC. The molecule has 0 bridgehead atoms. The number of nitrogens with two attached hydrogens (primary N) is 2. The van der Waals surface area contributed by atoms with Crippen molar-refractivity contribution in [1.29, 1.82) is 10.5 Å². The number of nitrogens with zero attached hydrogens (tertiary/aromatic N) is 8. The topological polar surface area (TPSA) is 196 Å². The van der Waals surface area contributed by atoms with Crippen molar-refractivity contribution >= 4 is 11.9 Å². The summed E-state index contributed by atoms with van der Waals surface area (Å²) in [5, 5.41) is 35.1. The summed E-state index contributed by atoms with van der Waals surface area (Å²) in [5.74, 6) is 0.344. The van der Waals surface area contributed by atoms with E-state index in [1.807, 2.05) is 12.4 Å². The van der Waals surface area contributed by atoms with Crippen LogP contribution in [0.5, 0.6) is 0 Å². The van der Waals surface area contributed by atoms with E-state index < -0.39 is 0 Å². The lowest BCUT2D eigenvalue weighted by atomic mass is 10.3. The normalized spacial score (nSPS) is 11.7. The van der Waals surface area contributed by atoms with Gasteiger partial charge in [0.1, 0.15) is 11.4 Å². The molecular weight excluding hydrogens is 350 g/mol. The van der Waals surface area contributed by atoms with Crippen molar-refractivity contribution < 1.29 is 0 Å². The second-order valence-electron chi connectivity index (χ2n) is 5.24. The van der Waals surface area contributed by atoms with Gasteiger partial charge in [-0.1, -0.05) is 0 Å². The molecule has 0 fully saturated rings. The molecule has 146 valence electrons. The summed E-state index contributed by atoms with van der Waals surface area (Å²) in [6, 6.07) is 0. The lowest BCUT2D eigenvalue weighted by molar-refractivity contribution is 0.518. The molecule has 0 spiro atoms. The zero-order valence-electron chi connectivity index (χ0n) is 15.5. The van der Waals surface area contributed by atoms with Gasteiger partial charge in [0.2, 0.25) is 11.9 Å². The van der Waals surface area contributed by atoms with Crippen molar-refractivity contribution in [2.75, 3.05) is 40.3 Å². The van der Waals surface area contributed by atoms with E-state index in [4.69, 9.17) is 22.0 Å². The van der Waals surface area contributed by atoms with Crippen LogP contribution < -0.4 is 22.1 Å². The van der Waals surface area contributed by atoms with Gasteiger partial charge in [-0.2, -0.15) is 25.9 Å². The quantitative estimate of drug-likeness (QED) is 0.0953. The summed E-state index contributed by atoms with van der Waals surface area (Å²) in [6.45, 7) is 2.81. The zero-order valence-corrected chi connectivity index (χ0v) is 15.5. The van der Waals surface area contributed by atoms with Crippen LogP contribution in [0.4, 0.5) is 0 Å². The summed E-state index contributed by atoms with van der Waals surface area (Å²) >= 11 is 0. The molecule has 0 aliphatic carbocycles. The molecule has 1 rings (SSSR count). The molecule has 1 aromatic heterocycles. The monoisotopic (exact) mass is 375 g/mol. The highest BCUT2D eigenvalue weighted by Crippen LogP contribution is 2.00. The van der Waals surface area contributed by atoms with Gasteiger partial charge >= 0.3 is 0 Å². The van der Waals surface area contributed by atoms with Crippen molar-refractivity contribution in [2.45, 2.75) is 13.1 Å². The van der Waals surface area contributed by atoms with Gasteiger partial charge in [0, 0.05) is 53.4 Å². The maximum absolute atomic E-state index is 9.00. The molecule has 0 aromatic carbocycles. The second-order valence-corrected chi connectivity index (χ2v) is 5.24. The Morgan fingerprint density at radius 1 is 0.963 bits per heavy atom. The second kappa shape index (κ2) is 12.0. The molecule has 0 saturated heterocycles. The summed E-state index contributed by atoms with van der Waals surface area (Å²) in [4.78, 5) is 10.1. The number of aromatic nitrogens is 3. The Morgan fingerprint density at radius 3 is 1.70 bits per heavy atom. The molecule has 1 aromatic rings. The van der Waals surface area contributed by atoms with E-state index >= 15 is 0 Å². The number of hydrogen-bond donors (Lipinski definition) is 5. The third kappa shape index (κ3) is 7.15. The van der Waals surface area contributed by atoms with Crippen molar-refractivity contribution in [3.63, 3.8) is 0 Å². The third-order valence-corrected chi connectivity index (χ3v) is 3.57. The lowest BCUT2D eigenvalue weighted by Crippen LogP contribution is -2.38. The Labute approximate surface area is 157 Å². The molecule has 13 nitrogen and oxygen atoms in total. The molecule has 0 amide bonds. The van der Waals surface area contributed by atoms with E-state index in [2.05, 4.69) is 36.0 Å². The molecule has 0 atom stereocenters. The first-order valence-electron chi connectivity index (χ1n) is 8.16. The molecule has 13 heteroatoms. The Morgan fingerprint density at radius 2 is 1.37 bits per heavy atom. The van der Waals surface area contributed by atoms with Crippen LogP contribution in [-0.2, 0) is 13.1 Å². The fourth-order valence-electron chi connectivity index (χ4n) is 2.03. The Balaban J connectivity index is 2.36. The van der Waals surface area contributed by atoms with Crippen LogP contribution in [0.2, 0.25) is 0 Å². The van der Waals surface area contributed by atoms with E-state index in [0.29, 0.717) is 39.3 Å². The van der Waals surface area contributed by atoms with Gasteiger partial charge in [-0.25, -0.2) is 9.80 Å². The number of nitrogens with one attached hydrogen (secondary N) is 3. The highest BCUT2D eigenvalue weighted by Gasteiger charge is 2.10. The van der Waals surface area contributed by atoms with Crippen molar-refractivity contribution in [1.82, 2.24) is 35.8 Å². The predicted molar refractivity (Wildman–Crippen MR) is 99.5 cm³/mol. The highest BCUT2D eigenvalue weighted by molar-refractivity contribution is 5.79. The van der Waals surface area contributed by atoms with Gasteiger partial charge in [-0.3, -0.25) is 9.98 Å². The number of hydrogen-bond acceptors (Lipinski definition) is 8. The van der Waals surface area contributed by atoms with Crippen LogP contribution in [0.3, 0.4) is 0 Å². The number of nitriles is 2. The summed E-state index contributed by atoms with van der Waals surface area (Å²) in [7, 11) is 3.06. The average molecular weight is 375 g/mol. The highest BCUT2D eigenvalue weighted by atomic mass is 15.3. The molecular formula is C14H25N13. The molecule has 0 radical (unpaired) electrons. The molecule has 7 N–H and O–H groups in total. The van der Waals surface area contributed by atoms with Gasteiger partial charge < -0.3 is 22.1 Å². The first-order valence-corrected chi connectivity index (χ1v) is 8.16. The standard InChI is InChI=1S/C14H25N13/c1-19-13(17)26(9-15)5-3-21-7-11-12(24-25-23-11)8-22-4-6-27(10-16)14(18)20-2/h21-22H,3-8H2,1-2H3,(H2,17,19)(H2,18,20)(H,23,24,25).